The smallest absolute Gasteiger partial charge is 0.293 e. The highest BCUT2D eigenvalue weighted by molar-refractivity contribution is 5.90. The molecule has 0 radical (unpaired) electrons. The monoisotopic (exact) mass is 223 g/mol. The largest absolute Gasteiger partial charge is 0.346 e. The summed E-state index contributed by atoms with van der Waals surface area (Å²) in [7, 11) is 0. The normalized spacial score (nSPS) is 30.0. The number of hydrogen-bond donors (Lipinski definition) is 2. The van der Waals surface area contributed by atoms with Crippen LogP contribution in [-0.4, -0.2) is 32.6 Å². The predicted molar refractivity (Wildman–Crippen MR) is 57.6 cm³/mol. The second kappa shape index (κ2) is 4.59. The number of carbonyl (C=O) groups is 1. The molecule has 1 aromatic heterocycles. The summed E-state index contributed by atoms with van der Waals surface area (Å²) in [6.07, 6.45) is 3.37. The molecule has 2 N–H and O–H groups in total. The van der Waals surface area contributed by atoms with Crippen LogP contribution in [0.25, 0.3) is 0 Å². The minimum atomic E-state index is -0.236. The number of aromatic nitrogens is 4. The summed E-state index contributed by atoms with van der Waals surface area (Å²) < 4.78 is 0. The van der Waals surface area contributed by atoms with Gasteiger partial charge in [-0.25, -0.2) is 0 Å². The lowest BCUT2D eigenvalue weighted by atomic mass is 9.80. The number of tetrazole rings is 1. The van der Waals surface area contributed by atoms with Crippen LogP contribution in [0.4, 0.5) is 0 Å². The molecule has 6 heteroatoms. The zero-order valence-corrected chi connectivity index (χ0v) is 9.60. The maximum Gasteiger partial charge on any atom is 0.293 e. The zero-order valence-electron chi connectivity index (χ0n) is 9.60. The lowest BCUT2D eigenvalue weighted by Gasteiger charge is -2.32. The highest BCUT2D eigenvalue weighted by Crippen LogP contribution is 2.28. The molecule has 0 bridgehead atoms. The van der Waals surface area contributed by atoms with E-state index in [1.165, 1.54) is 6.42 Å². The maximum atomic E-state index is 11.7. The van der Waals surface area contributed by atoms with Gasteiger partial charge in [-0.1, -0.05) is 13.8 Å². The van der Waals surface area contributed by atoms with Crippen LogP contribution < -0.4 is 5.32 Å². The number of hydrogen-bond acceptors (Lipinski definition) is 4. The second-order valence-corrected chi connectivity index (χ2v) is 4.71. The van der Waals surface area contributed by atoms with Crippen LogP contribution >= 0.6 is 0 Å². The van der Waals surface area contributed by atoms with E-state index in [1.54, 1.807) is 0 Å². The van der Waals surface area contributed by atoms with Crippen molar-refractivity contribution in [2.75, 3.05) is 0 Å². The summed E-state index contributed by atoms with van der Waals surface area (Å²) in [5.41, 5.74) is 0. The molecule has 1 aromatic rings. The Balaban J connectivity index is 1.92. The Kier molecular flexibility index (Phi) is 3.17. The van der Waals surface area contributed by atoms with Crippen molar-refractivity contribution in [3.8, 4) is 0 Å². The highest BCUT2D eigenvalue weighted by Gasteiger charge is 2.27. The van der Waals surface area contributed by atoms with Crippen molar-refractivity contribution in [3.05, 3.63) is 5.82 Å². The molecule has 16 heavy (non-hydrogen) atoms. The minimum absolute atomic E-state index is 0.117. The molecule has 1 heterocycles. The third-order valence-corrected chi connectivity index (χ3v) is 3.30. The van der Waals surface area contributed by atoms with E-state index in [2.05, 4.69) is 39.8 Å². The topological polar surface area (TPSA) is 83.6 Å². The molecule has 0 spiro atoms. The average molecular weight is 223 g/mol. The van der Waals surface area contributed by atoms with Gasteiger partial charge < -0.3 is 5.32 Å². The number of carbonyl (C=O) groups excluding carboxylic acids is 1. The maximum absolute atomic E-state index is 11.7. The molecule has 1 aliphatic carbocycles. The van der Waals surface area contributed by atoms with Crippen LogP contribution in [-0.2, 0) is 0 Å². The summed E-state index contributed by atoms with van der Waals surface area (Å²) in [6.45, 7) is 4.44. The first kappa shape index (κ1) is 11.0. The third kappa shape index (κ3) is 2.37. The van der Waals surface area contributed by atoms with E-state index in [-0.39, 0.29) is 17.8 Å². The van der Waals surface area contributed by atoms with Crippen molar-refractivity contribution in [3.63, 3.8) is 0 Å². The molecule has 3 unspecified atom stereocenters. The Morgan fingerprint density at radius 1 is 1.44 bits per heavy atom. The second-order valence-electron chi connectivity index (χ2n) is 4.71. The van der Waals surface area contributed by atoms with Gasteiger partial charge in [-0.3, -0.25) is 4.79 Å². The summed E-state index contributed by atoms with van der Waals surface area (Å²) >= 11 is 0. The van der Waals surface area contributed by atoms with E-state index in [0.29, 0.717) is 5.92 Å². The molecular weight excluding hydrogens is 206 g/mol. The van der Waals surface area contributed by atoms with Crippen molar-refractivity contribution in [1.82, 2.24) is 25.9 Å². The van der Waals surface area contributed by atoms with E-state index in [9.17, 15) is 4.79 Å². The first-order chi connectivity index (χ1) is 7.66. The summed E-state index contributed by atoms with van der Waals surface area (Å²) in [5.74, 6) is 1.15. The average Bonchev–Trinajstić information content (AvgIpc) is 2.75. The summed E-state index contributed by atoms with van der Waals surface area (Å²) in [6, 6.07) is 0.238. The molecule has 3 atom stereocenters. The predicted octanol–water partition coefficient (Wildman–Crippen LogP) is 0.754. The van der Waals surface area contributed by atoms with Gasteiger partial charge in [0.2, 0.25) is 0 Å². The van der Waals surface area contributed by atoms with E-state index >= 15 is 0 Å². The van der Waals surface area contributed by atoms with Gasteiger partial charge in [-0.15, -0.1) is 10.2 Å². The van der Waals surface area contributed by atoms with Crippen LogP contribution in [0.1, 0.15) is 43.7 Å². The van der Waals surface area contributed by atoms with Crippen molar-refractivity contribution in [2.24, 2.45) is 11.8 Å². The molecule has 1 saturated carbocycles. The summed E-state index contributed by atoms with van der Waals surface area (Å²) in [5, 5.41) is 15.9. The van der Waals surface area contributed by atoms with Gasteiger partial charge in [-0.05, 0) is 36.3 Å². The number of H-pyrrole nitrogens is 1. The lowest BCUT2D eigenvalue weighted by Crippen LogP contribution is -2.42. The van der Waals surface area contributed by atoms with Crippen LogP contribution in [0, 0.1) is 11.8 Å². The molecular formula is C10H17N5O. The molecule has 6 nitrogen and oxygen atoms in total. The Hall–Kier alpha value is -1.46. The molecule has 0 aliphatic heterocycles. The fraction of sp³-hybridized carbons (Fsp3) is 0.800. The number of nitrogens with zero attached hydrogens (tertiary/aromatic N) is 3. The van der Waals surface area contributed by atoms with E-state index in [4.69, 9.17) is 0 Å². The Morgan fingerprint density at radius 3 is 2.88 bits per heavy atom. The quantitative estimate of drug-likeness (QED) is 0.775. The van der Waals surface area contributed by atoms with Gasteiger partial charge in [0.25, 0.3) is 11.7 Å². The first-order valence-corrected chi connectivity index (χ1v) is 5.71. The van der Waals surface area contributed by atoms with Crippen LogP contribution in [0.5, 0.6) is 0 Å². The van der Waals surface area contributed by atoms with Crippen LogP contribution in [0.15, 0.2) is 0 Å². The zero-order chi connectivity index (χ0) is 11.5. The fourth-order valence-electron chi connectivity index (χ4n) is 2.37. The van der Waals surface area contributed by atoms with Gasteiger partial charge >= 0.3 is 0 Å². The molecule has 1 aliphatic rings. The molecule has 0 saturated heterocycles. The Morgan fingerprint density at radius 2 is 2.25 bits per heavy atom. The number of nitrogens with one attached hydrogen (secondary N) is 2. The Labute approximate surface area is 94.2 Å². The van der Waals surface area contributed by atoms with Crippen molar-refractivity contribution in [1.29, 1.82) is 0 Å². The molecule has 0 aromatic carbocycles. The van der Waals surface area contributed by atoms with Crippen molar-refractivity contribution >= 4 is 5.91 Å². The van der Waals surface area contributed by atoms with Gasteiger partial charge in [-0.2, -0.15) is 5.21 Å². The number of amides is 1. The van der Waals surface area contributed by atoms with Gasteiger partial charge in [0.05, 0.1) is 0 Å². The number of rotatable bonds is 2. The number of aromatic amines is 1. The van der Waals surface area contributed by atoms with Gasteiger partial charge in [0.15, 0.2) is 0 Å². The Bertz CT molecular complexity index is 350. The van der Waals surface area contributed by atoms with Crippen LogP contribution in [0.2, 0.25) is 0 Å². The fourth-order valence-corrected chi connectivity index (χ4v) is 2.37. The minimum Gasteiger partial charge on any atom is -0.346 e. The van der Waals surface area contributed by atoms with Gasteiger partial charge in [0, 0.05) is 6.04 Å². The van der Waals surface area contributed by atoms with Crippen LogP contribution in [0.3, 0.4) is 0 Å². The third-order valence-electron chi connectivity index (χ3n) is 3.30. The lowest BCUT2D eigenvalue weighted by molar-refractivity contribution is 0.0889. The molecule has 88 valence electrons. The summed E-state index contributed by atoms with van der Waals surface area (Å²) in [4.78, 5) is 11.7. The van der Waals surface area contributed by atoms with E-state index in [0.717, 1.165) is 18.8 Å². The molecule has 1 amide bonds. The highest BCUT2D eigenvalue weighted by atomic mass is 16.2. The molecule has 1 fully saturated rings. The van der Waals surface area contributed by atoms with Crippen molar-refractivity contribution in [2.45, 2.75) is 39.2 Å². The van der Waals surface area contributed by atoms with E-state index < -0.39 is 0 Å². The standard InChI is InChI=1S/C10H17N5O/c1-6-3-4-8(7(2)5-6)11-10(16)9-12-14-15-13-9/h6-8H,3-5H2,1-2H3,(H,11,16)(H,12,13,14,15). The van der Waals surface area contributed by atoms with E-state index in [1.807, 2.05) is 0 Å². The van der Waals surface area contributed by atoms with Gasteiger partial charge in [0.1, 0.15) is 0 Å². The van der Waals surface area contributed by atoms with Crippen molar-refractivity contribution < 1.29 is 4.79 Å². The molecule has 2 rings (SSSR count). The SMILES string of the molecule is CC1CCC(NC(=O)c2nn[nH]n2)C(C)C1. The first-order valence-electron chi connectivity index (χ1n) is 5.71.